The van der Waals surface area contributed by atoms with E-state index in [0.717, 1.165) is 17.0 Å². The molecule has 0 saturated heterocycles. The molecule has 25 heavy (non-hydrogen) atoms. The van der Waals surface area contributed by atoms with Crippen LogP contribution in [0.15, 0.2) is 41.3 Å². The number of carbonyl (C=O) groups excluding carboxylic acids is 1. The van der Waals surface area contributed by atoms with E-state index < -0.39 is 17.2 Å². The molecule has 0 spiro atoms. The first-order chi connectivity index (χ1) is 11.7. The maximum absolute atomic E-state index is 13.7. The van der Waals surface area contributed by atoms with Gasteiger partial charge in [-0.15, -0.1) is 11.8 Å². The minimum absolute atomic E-state index is 0.219. The van der Waals surface area contributed by atoms with Crippen molar-refractivity contribution < 1.29 is 18.3 Å². The average molecular weight is 381 g/mol. The molecule has 0 N–H and O–H groups in total. The van der Waals surface area contributed by atoms with Crippen LogP contribution in [-0.2, 0) is 9.53 Å². The van der Waals surface area contributed by atoms with E-state index in [9.17, 15) is 13.6 Å². The van der Waals surface area contributed by atoms with E-state index in [2.05, 4.69) is 0 Å². The van der Waals surface area contributed by atoms with Crippen LogP contribution in [0.1, 0.15) is 25.0 Å². The number of halogens is 3. The molecular formula is C19H15ClF2O2S. The van der Waals surface area contributed by atoms with Gasteiger partial charge in [0.15, 0.2) is 17.2 Å². The second-order valence-electron chi connectivity index (χ2n) is 6.12. The topological polar surface area (TPSA) is 26.3 Å². The maximum Gasteiger partial charge on any atom is 0.210 e. The van der Waals surface area contributed by atoms with Crippen LogP contribution in [0, 0.1) is 11.6 Å². The molecule has 3 rings (SSSR count). The molecule has 130 valence electrons. The van der Waals surface area contributed by atoms with Gasteiger partial charge in [-0.2, -0.15) is 0 Å². The molecule has 0 aliphatic carbocycles. The van der Waals surface area contributed by atoms with Gasteiger partial charge in [-0.25, -0.2) is 8.78 Å². The number of ketones is 1. The first-order valence-electron chi connectivity index (χ1n) is 7.52. The lowest BCUT2D eigenvalue weighted by Crippen LogP contribution is -2.29. The Morgan fingerprint density at radius 3 is 2.32 bits per heavy atom. The maximum atomic E-state index is 13.7. The second kappa shape index (κ2) is 6.46. The van der Waals surface area contributed by atoms with Crippen LogP contribution in [0.4, 0.5) is 8.78 Å². The van der Waals surface area contributed by atoms with E-state index in [-0.39, 0.29) is 16.9 Å². The summed E-state index contributed by atoms with van der Waals surface area (Å²) < 4.78 is 32.8. The highest BCUT2D eigenvalue weighted by atomic mass is 35.5. The first kappa shape index (κ1) is 18.0. The number of rotatable bonds is 3. The normalized spacial score (nSPS) is 16.3. The van der Waals surface area contributed by atoms with Gasteiger partial charge >= 0.3 is 0 Å². The van der Waals surface area contributed by atoms with Gasteiger partial charge in [0.2, 0.25) is 5.78 Å². The lowest BCUT2D eigenvalue weighted by Gasteiger charge is -2.18. The number of Topliss-reactive ketones (excluding diaryl/α,β-unsaturated/α-hetero) is 1. The highest BCUT2D eigenvalue weighted by Gasteiger charge is 2.43. The van der Waals surface area contributed by atoms with Crippen molar-refractivity contribution in [1.29, 1.82) is 0 Å². The van der Waals surface area contributed by atoms with Crippen LogP contribution in [0.3, 0.4) is 0 Å². The molecule has 0 amide bonds. The number of thioether (sulfide) groups is 1. The molecule has 0 atom stereocenters. The van der Waals surface area contributed by atoms with Crippen LogP contribution in [0.2, 0.25) is 5.02 Å². The molecule has 2 aromatic carbocycles. The largest absolute Gasteiger partial charge is 0.478 e. The lowest BCUT2D eigenvalue weighted by atomic mass is 9.92. The van der Waals surface area contributed by atoms with Crippen molar-refractivity contribution in [2.45, 2.75) is 24.3 Å². The zero-order chi connectivity index (χ0) is 18.4. The SMILES string of the molecule is CSc1ccc(C2=C(c3ccc(F)c(F)c3)C(=O)C(C)(C)O2)cc1Cl. The van der Waals surface area contributed by atoms with E-state index in [4.69, 9.17) is 16.3 Å². The fourth-order valence-corrected chi connectivity index (χ4v) is 3.55. The Morgan fingerprint density at radius 2 is 1.72 bits per heavy atom. The molecular weight excluding hydrogens is 366 g/mol. The van der Waals surface area contributed by atoms with Crippen molar-refractivity contribution >= 4 is 40.5 Å². The molecule has 1 aliphatic rings. The summed E-state index contributed by atoms with van der Waals surface area (Å²) in [6.45, 7) is 3.28. The van der Waals surface area contributed by atoms with Crippen LogP contribution >= 0.6 is 23.4 Å². The Kier molecular flexibility index (Phi) is 4.64. The van der Waals surface area contributed by atoms with Crippen molar-refractivity contribution in [3.63, 3.8) is 0 Å². The molecule has 0 fully saturated rings. The lowest BCUT2D eigenvalue weighted by molar-refractivity contribution is -0.125. The highest BCUT2D eigenvalue weighted by Crippen LogP contribution is 2.42. The second-order valence-corrected chi connectivity index (χ2v) is 7.38. The van der Waals surface area contributed by atoms with Crippen molar-refractivity contribution in [3.8, 4) is 0 Å². The van der Waals surface area contributed by atoms with Gasteiger partial charge < -0.3 is 4.74 Å². The third-order valence-corrected chi connectivity index (χ3v) is 5.20. The fourth-order valence-electron chi connectivity index (χ4n) is 2.68. The predicted octanol–water partition coefficient (Wildman–Crippen LogP) is 5.59. The summed E-state index contributed by atoms with van der Waals surface area (Å²) >= 11 is 7.76. The molecule has 1 heterocycles. The van der Waals surface area contributed by atoms with Crippen molar-refractivity contribution in [3.05, 3.63) is 64.2 Å². The number of hydrogen-bond acceptors (Lipinski definition) is 3. The summed E-state index contributed by atoms with van der Waals surface area (Å²) in [6, 6.07) is 8.70. The predicted molar refractivity (Wildman–Crippen MR) is 96.6 cm³/mol. The standard InChI is InChI=1S/C19H15ClF2O2S/c1-19(2)18(23)16(10-4-6-13(21)14(22)9-10)17(24-19)11-5-7-15(25-3)12(20)8-11/h4-9H,1-3H3. The van der Waals surface area contributed by atoms with Crippen molar-refractivity contribution in [2.24, 2.45) is 0 Å². The number of carbonyl (C=O) groups is 1. The molecule has 2 nitrogen and oxygen atoms in total. The van der Waals surface area contributed by atoms with Gasteiger partial charge in [0.1, 0.15) is 5.76 Å². The molecule has 0 saturated carbocycles. The zero-order valence-corrected chi connectivity index (χ0v) is 15.4. The van der Waals surface area contributed by atoms with E-state index in [1.807, 2.05) is 12.3 Å². The van der Waals surface area contributed by atoms with Crippen LogP contribution < -0.4 is 0 Å². The molecule has 0 unspecified atom stereocenters. The van der Waals surface area contributed by atoms with Gasteiger partial charge in [-0.05, 0) is 49.9 Å². The van der Waals surface area contributed by atoms with Crippen LogP contribution in [0.25, 0.3) is 11.3 Å². The Morgan fingerprint density at radius 1 is 1.04 bits per heavy atom. The summed E-state index contributed by atoms with van der Waals surface area (Å²) in [6.07, 6.45) is 1.91. The average Bonchev–Trinajstić information content (AvgIpc) is 2.80. The molecule has 0 radical (unpaired) electrons. The van der Waals surface area contributed by atoms with E-state index >= 15 is 0 Å². The molecule has 0 bridgehead atoms. The first-order valence-corrected chi connectivity index (χ1v) is 9.12. The van der Waals surface area contributed by atoms with Crippen LogP contribution in [-0.4, -0.2) is 17.6 Å². The van der Waals surface area contributed by atoms with Gasteiger partial charge in [-0.1, -0.05) is 23.7 Å². The summed E-state index contributed by atoms with van der Waals surface area (Å²) in [5, 5.41) is 0.530. The molecule has 0 aromatic heterocycles. The summed E-state index contributed by atoms with van der Waals surface area (Å²) in [4.78, 5) is 13.7. The number of benzene rings is 2. The summed E-state index contributed by atoms with van der Waals surface area (Å²) in [7, 11) is 0. The van der Waals surface area contributed by atoms with E-state index in [1.54, 1.807) is 26.0 Å². The summed E-state index contributed by atoms with van der Waals surface area (Å²) in [5.41, 5.74) is 0.00747. The minimum Gasteiger partial charge on any atom is -0.478 e. The van der Waals surface area contributed by atoms with Gasteiger partial charge in [-0.3, -0.25) is 4.79 Å². The third-order valence-electron chi connectivity index (χ3n) is 3.98. The monoisotopic (exact) mass is 380 g/mol. The van der Waals surface area contributed by atoms with Gasteiger partial charge in [0.05, 0.1) is 10.6 Å². The number of ether oxygens (including phenoxy) is 1. The van der Waals surface area contributed by atoms with Crippen LogP contribution in [0.5, 0.6) is 0 Å². The number of hydrogen-bond donors (Lipinski definition) is 0. The smallest absolute Gasteiger partial charge is 0.210 e. The Bertz CT molecular complexity index is 906. The summed E-state index contributed by atoms with van der Waals surface area (Å²) in [5.74, 6) is -1.96. The Hall–Kier alpha value is -1.85. The zero-order valence-electron chi connectivity index (χ0n) is 13.8. The Balaban J connectivity index is 2.21. The minimum atomic E-state index is -1.10. The third kappa shape index (κ3) is 3.18. The molecule has 2 aromatic rings. The fraction of sp³-hybridized carbons (Fsp3) is 0.211. The molecule has 1 aliphatic heterocycles. The van der Waals surface area contributed by atoms with Gasteiger partial charge in [0.25, 0.3) is 0 Å². The van der Waals surface area contributed by atoms with Crippen molar-refractivity contribution in [2.75, 3.05) is 6.26 Å². The van der Waals surface area contributed by atoms with E-state index in [1.165, 1.54) is 17.8 Å². The van der Waals surface area contributed by atoms with E-state index in [0.29, 0.717) is 16.3 Å². The quantitative estimate of drug-likeness (QED) is 0.649. The Labute approximate surface area is 153 Å². The van der Waals surface area contributed by atoms with Gasteiger partial charge in [0, 0.05) is 10.5 Å². The highest BCUT2D eigenvalue weighted by molar-refractivity contribution is 7.98. The van der Waals surface area contributed by atoms with Crippen molar-refractivity contribution in [1.82, 2.24) is 0 Å². The molecule has 6 heteroatoms.